The van der Waals surface area contributed by atoms with Crippen LogP contribution in [0, 0.1) is 6.92 Å². The largest absolute Gasteiger partial charge is 0.299 e. The maximum atomic E-state index is 13.3. The Hall–Kier alpha value is -4.24. The van der Waals surface area contributed by atoms with Crippen molar-refractivity contribution in [1.29, 1.82) is 0 Å². The van der Waals surface area contributed by atoms with Gasteiger partial charge in [-0.05, 0) is 30.2 Å². The number of allylic oxidation sites excluding steroid dienone is 1. The first kappa shape index (κ1) is 19.7. The SMILES string of the molecule is Cc1ccc2nc(-c3ccccc3)c(/C(=C/C(=O)c3ccccc3)c3ccccc3)n2c1. The van der Waals surface area contributed by atoms with Gasteiger partial charge in [0, 0.05) is 22.9 Å². The van der Waals surface area contributed by atoms with E-state index in [4.69, 9.17) is 4.98 Å². The molecule has 0 aliphatic carbocycles. The Morgan fingerprint density at radius 3 is 2.00 bits per heavy atom. The Bertz CT molecular complexity index is 1420. The van der Waals surface area contributed by atoms with E-state index in [-0.39, 0.29) is 5.78 Å². The van der Waals surface area contributed by atoms with Crippen LogP contribution in [-0.2, 0) is 0 Å². The molecule has 3 heteroatoms. The van der Waals surface area contributed by atoms with Crippen molar-refractivity contribution in [3.05, 3.63) is 138 Å². The number of carbonyl (C=O) groups is 1. The molecule has 2 aromatic heterocycles. The topological polar surface area (TPSA) is 34.4 Å². The Morgan fingerprint density at radius 1 is 0.750 bits per heavy atom. The normalized spacial score (nSPS) is 11.6. The van der Waals surface area contributed by atoms with Gasteiger partial charge in [0.25, 0.3) is 0 Å². The number of aryl methyl sites for hydroxylation is 1. The van der Waals surface area contributed by atoms with Gasteiger partial charge in [-0.3, -0.25) is 9.20 Å². The average Bonchev–Trinajstić information content (AvgIpc) is 3.22. The van der Waals surface area contributed by atoms with Crippen LogP contribution in [0.25, 0.3) is 22.5 Å². The van der Waals surface area contributed by atoms with Gasteiger partial charge in [0.05, 0.1) is 11.4 Å². The summed E-state index contributed by atoms with van der Waals surface area (Å²) in [5, 5.41) is 0. The highest BCUT2D eigenvalue weighted by molar-refractivity contribution is 6.11. The van der Waals surface area contributed by atoms with Crippen LogP contribution in [0.4, 0.5) is 0 Å². The summed E-state index contributed by atoms with van der Waals surface area (Å²) in [7, 11) is 0. The first-order valence-electron chi connectivity index (χ1n) is 10.6. The number of nitrogens with zero attached hydrogens (tertiary/aromatic N) is 2. The minimum atomic E-state index is -0.0360. The van der Waals surface area contributed by atoms with E-state index in [9.17, 15) is 4.79 Å². The second-order valence-electron chi connectivity index (χ2n) is 7.76. The molecule has 3 aromatic carbocycles. The summed E-state index contributed by atoms with van der Waals surface area (Å²) in [5.74, 6) is -0.0360. The van der Waals surface area contributed by atoms with Gasteiger partial charge in [0.1, 0.15) is 5.65 Å². The molecule has 0 fully saturated rings. The van der Waals surface area contributed by atoms with Crippen molar-refractivity contribution in [3.63, 3.8) is 0 Å². The number of hydrogen-bond acceptors (Lipinski definition) is 2. The molecule has 2 heterocycles. The highest BCUT2D eigenvalue weighted by atomic mass is 16.1. The number of aromatic nitrogens is 2. The number of benzene rings is 3. The zero-order chi connectivity index (χ0) is 21.9. The molecular weight excluding hydrogens is 392 g/mol. The van der Waals surface area contributed by atoms with Gasteiger partial charge >= 0.3 is 0 Å². The number of carbonyl (C=O) groups excluding carboxylic acids is 1. The molecule has 0 spiro atoms. The van der Waals surface area contributed by atoms with Crippen molar-refractivity contribution in [1.82, 2.24) is 9.38 Å². The molecule has 5 rings (SSSR count). The van der Waals surface area contributed by atoms with Crippen LogP contribution in [0.1, 0.15) is 27.2 Å². The Balaban J connectivity index is 1.82. The second-order valence-corrected chi connectivity index (χ2v) is 7.76. The van der Waals surface area contributed by atoms with E-state index in [1.54, 1.807) is 6.08 Å². The van der Waals surface area contributed by atoms with Gasteiger partial charge in [0.15, 0.2) is 5.78 Å². The van der Waals surface area contributed by atoms with E-state index in [2.05, 4.69) is 35.7 Å². The fourth-order valence-electron chi connectivity index (χ4n) is 3.93. The molecule has 0 aliphatic rings. The molecule has 0 N–H and O–H groups in total. The highest BCUT2D eigenvalue weighted by Gasteiger charge is 2.20. The molecular formula is C29H22N2O. The van der Waals surface area contributed by atoms with Crippen LogP contribution in [-0.4, -0.2) is 15.2 Å². The Morgan fingerprint density at radius 2 is 1.34 bits per heavy atom. The van der Waals surface area contributed by atoms with Crippen molar-refractivity contribution < 1.29 is 4.79 Å². The van der Waals surface area contributed by atoms with Gasteiger partial charge in [-0.2, -0.15) is 0 Å². The molecule has 0 aliphatic heterocycles. The number of pyridine rings is 1. The molecule has 0 radical (unpaired) electrons. The third-order valence-electron chi connectivity index (χ3n) is 5.49. The summed E-state index contributed by atoms with van der Waals surface area (Å²) in [6.07, 6.45) is 3.82. The minimum absolute atomic E-state index is 0.0360. The quantitative estimate of drug-likeness (QED) is 0.239. The van der Waals surface area contributed by atoms with Gasteiger partial charge in [-0.25, -0.2) is 4.98 Å². The van der Waals surface area contributed by atoms with Gasteiger partial charge in [0.2, 0.25) is 0 Å². The Kier molecular flexibility index (Phi) is 5.22. The second kappa shape index (κ2) is 8.48. The van der Waals surface area contributed by atoms with Crippen molar-refractivity contribution in [2.24, 2.45) is 0 Å². The fraction of sp³-hybridized carbons (Fsp3) is 0.0345. The molecule has 3 nitrogen and oxygen atoms in total. The number of hydrogen-bond donors (Lipinski definition) is 0. The van der Waals surface area contributed by atoms with Crippen molar-refractivity contribution in [3.8, 4) is 11.3 Å². The predicted octanol–water partition coefficient (Wildman–Crippen LogP) is 6.62. The lowest BCUT2D eigenvalue weighted by Gasteiger charge is -2.12. The van der Waals surface area contributed by atoms with E-state index in [0.717, 1.165) is 39.3 Å². The molecule has 5 aromatic rings. The third-order valence-corrected chi connectivity index (χ3v) is 5.49. The number of fused-ring (bicyclic) bond motifs is 1. The Labute approximate surface area is 187 Å². The summed E-state index contributed by atoms with van der Waals surface area (Å²) in [4.78, 5) is 18.2. The lowest BCUT2D eigenvalue weighted by Crippen LogP contribution is -2.01. The molecule has 0 amide bonds. The maximum absolute atomic E-state index is 13.3. The number of imidazole rings is 1. The van der Waals surface area contributed by atoms with Crippen LogP contribution in [0.5, 0.6) is 0 Å². The van der Waals surface area contributed by atoms with Gasteiger partial charge < -0.3 is 0 Å². The first-order valence-corrected chi connectivity index (χ1v) is 10.6. The molecule has 0 atom stereocenters. The summed E-state index contributed by atoms with van der Waals surface area (Å²) in [5.41, 5.74) is 7.22. The number of rotatable bonds is 5. The summed E-state index contributed by atoms with van der Waals surface area (Å²) in [6, 6.07) is 33.6. The molecule has 0 saturated carbocycles. The zero-order valence-corrected chi connectivity index (χ0v) is 17.8. The summed E-state index contributed by atoms with van der Waals surface area (Å²) in [6.45, 7) is 2.06. The van der Waals surface area contributed by atoms with E-state index >= 15 is 0 Å². The summed E-state index contributed by atoms with van der Waals surface area (Å²) < 4.78 is 2.09. The van der Waals surface area contributed by atoms with Crippen LogP contribution >= 0.6 is 0 Å². The monoisotopic (exact) mass is 414 g/mol. The standard InChI is InChI=1S/C29H22N2O/c1-21-17-18-27-30-28(24-15-9-4-10-16-24)29(31(27)20-21)25(22-11-5-2-6-12-22)19-26(32)23-13-7-3-8-14-23/h2-20H,1H3/b25-19+. The van der Waals surface area contributed by atoms with Crippen LogP contribution < -0.4 is 0 Å². The van der Waals surface area contributed by atoms with Crippen molar-refractivity contribution in [2.45, 2.75) is 6.92 Å². The van der Waals surface area contributed by atoms with Crippen LogP contribution in [0.3, 0.4) is 0 Å². The lowest BCUT2D eigenvalue weighted by molar-refractivity contribution is 0.104. The van der Waals surface area contributed by atoms with Crippen molar-refractivity contribution in [2.75, 3.05) is 0 Å². The average molecular weight is 415 g/mol. The van der Waals surface area contributed by atoms with E-state index in [1.807, 2.05) is 84.9 Å². The lowest BCUT2D eigenvalue weighted by atomic mass is 9.96. The zero-order valence-electron chi connectivity index (χ0n) is 17.8. The molecule has 0 unspecified atom stereocenters. The minimum Gasteiger partial charge on any atom is -0.299 e. The van der Waals surface area contributed by atoms with E-state index < -0.39 is 0 Å². The fourth-order valence-corrected chi connectivity index (χ4v) is 3.93. The smallest absolute Gasteiger partial charge is 0.186 e. The molecule has 0 bridgehead atoms. The van der Waals surface area contributed by atoms with Crippen molar-refractivity contribution >= 4 is 17.0 Å². The van der Waals surface area contributed by atoms with Crippen LogP contribution in [0.15, 0.2) is 115 Å². The maximum Gasteiger partial charge on any atom is 0.186 e. The molecule has 0 saturated heterocycles. The molecule has 32 heavy (non-hydrogen) atoms. The predicted molar refractivity (Wildman–Crippen MR) is 130 cm³/mol. The summed E-state index contributed by atoms with van der Waals surface area (Å²) >= 11 is 0. The van der Waals surface area contributed by atoms with Gasteiger partial charge in [-0.1, -0.05) is 97.1 Å². The van der Waals surface area contributed by atoms with E-state index in [0.29, 0.717) is 5.56 Å². The van der Waals surface area contributed by atoms with E-state index in [1.165, 1.54) is 0 Å². The highest BCUT2D eigenvalue weighted by Crippen LogP contribution is 2.34. The van der Waals surface area contributed by atoms with Crippen LogP contribution in [0.2, 0.25) is 0 Å². The molecule has 154 valence electrons. The third kappa shape index (κ3) is 3.77. The van der Waals surface area contributed by atoms with Gasteiger partial charge in [-0.15, -0.1) is 0 Å². The first-order chi connectivity index (χ1) is 15.7. The number of ketones is 1.